The fraction of sp³-hybridized carbons (Fsp3) is 0.429. The first-order chi connectivity index (χ1) is 9.14. The van der Waals surface area contributed by atoms with Crippen LogP contribution in [-0.2, 0) is 9.47 Å². The maximum Gasteiger partial charge on any atom is 0.412 e. The summed E-state index contributed by atoms with van der Waals surface area (Å²) in [6.45, 7) is 7.10. The van der Waals surface area contributed by atoms with Gasteiger partial charge < -0.3 is 9.47 Å². The molecule has 0 heterocycles. The Morgan fingerprint density at radius 1 is 1.25 bits per heavy atom. The minimum atomic E-state index is -0.595. The molecule has 1 aromatic rings. The Hall–Kier alpha value is -1.69. The third kappa shape index (κ3) is 4.45. The van der Waals surface area contributed by atoms with E-state index < -0.39 is 17.7 Å². The van der Waals surface area contributed by atoms with Crippen molar-refractivity contribution in [3.63, 3.8) is 0 Å². The molecule has 1 rings (SSSR count). The number of carbonyl (C=O) groups excluding carboxylic acids is 2. The van der Waals surface area contributed by atoms with Crippen molar-refractivity contribution >= 4 is 30.4 Å². The Morgan fingerprint density at radius 3 is 2.35 bits per heavy atom. The molecule has 0 bridgehead atoms. The highest BCUT2D eigenvalue weighted by atomic mass is 32.1. The minimum Gasteiger partial charge on any atom is -0.465 e. The number of esters is 1. The molecule has 0 fully saturated rings. The van der Waals surface area contributed by atoms with Crippen molar-refractivity contribution in [2.45, 2.75) is 38.2 Å². The largest absolute Gasteiger partial charge is 0.465 e. The van der Waals surface area contributed by atoms with Gasteiger partial charge in [0, 0.05) is 10.6 Å². The third-order valence-electron chi connectivity index (χ3n) is 2.44. The lowest BCUT2D eigenvalue weighted by atomic mass is 10.1. The average Bonchev–Trinajstić information content (AvgIpc) is 2.31. The van der Waals surface area contributed by atoms with Crippen molar-refractivity contribution < 1.29 is 19.1 Å². The maximum absolute atomic E-state index is 11.8. The zero-order chi connectivity index (χ0) is 15.5. The van der Waals surface area contributed by atoms with Gasteiger partial charge in [-0.3, -0.25) is 5.32 Å². The first kappa shape index (κ1) is 16.4. The maximum atomic E-state index is 11.8. The van der Waals surface area contributed by atoms with Gasteiger partial charge in [-0.2, -0.15) is 0 Å². The number of anilines is 1. The third-order valence-corrected chi connectivity index (χ3v) is 2.90. The van der Waals surface area contributed by atoms with Gasteiger partial charge >= 0.3 is 12.1 Å². The van der Waals surface area contributed by atoms with Crippen molar-refractivity contribution in [2.75, 3.05) is 12.4 Å². The second-order valence-corrected chi connectivity index (χ2v) is 5.77. The molecule has 20 heavy (non-hydrogen) atoms. The van der Waals surface area contributed by atoms with Crippen LogP contribution in [0.15, 0.2) is 17.0 Å². The predicted octanol–water partition coefficient (Wildman–Crippen LogP) is 3.42. The van der Waals surface area contributed by atoms with E-state index in [-0.39, 0.29) is 0 Å². The monoisotopic (exact) mass is 297 g/mol. The summed E-state index contributed by atoms with van der Waals surface area (Å²) in [5.74, 6) is -0.493. The summed E-state index contributed by atoms with van der Waals surface area (Å²) >= 11 is 4.28. The number of methoxy groups -OCH3 is 1. The van der Waals surface area contributed by atoms with Gasteiger partial charge in [0.05, 0.1) is 12.7 Å². The van der Waals surface area contributed by atoms with Gasteiger partial charge in [0.15, 0.2) is 0 Å². The number of ether oxygens (including phenoxy) is 2. The Kier molecular flexibility index (Phi) is 5.05. The fourth-order valence-electron chi connectivity index (χ4n) is 1.48. The lowest BCUT2D eigenvalue weighted by molar-refractivity contribution is 0.0596. The van der Waals surface area contributed by atoms with E-state index in [4.69, 9.17) is 4.74 Å². The first-order valence-electron chi connectivity index (χ1n) is 6.06. The smallest absolute Gasteiger partial charge is 0.412 e. The summed E-state index contributed by atoms with van der Waals surface area (Å²) < 4.78 is 9.83. The molecule has 0 aromatic heterocycles. The standard InChI is InChI=1S/C14H19NO4S/c1-8-10(15-13(17)19-14(2,3)4)6-9(7-11(8)20)12(16)18-5/h6-7,20H,1-5H3,(H,15,17). The van der Waals surface area contributed by atoms with Crippen LogP contribution < -0.4 is 5.32 Å². The summed E-state index contributed by atoms with van der Waals surface area (Å²) in [5.41, 5.74) is 0.926. The van der Waals surface area contributed by atoms with E-state index in [0.29, 0.717) is 16.1 Å². The molecule has 6 heteroatoms. The molecule has 110 valence electrons. The Bertz CT molecular complexity index is 535. The van der Waals surface area contributed by atoms with E-state index in [1.807, 2.05) is 0 Å². The van der Waals surface area contributed by atoms with Crippen LogP contribution in [0.4, 0.5) is 10.5 Å². The average molecular weight is 297 g/mol. The lowest BCUT2D eigenvalue weighted by Gasteiger charge is -2.20. The van der Waals surface area contributed by atoms with Gasteiger partial charge in [0.1, 0.15) is 5.60 Å². The van der Waals surface area contributed by atoms with Crippen LogP contribution in [0.25, 0.3) is 0 Å². The van der Waals surface area contributed by atoms with Crippen molar-refractivity contribution in [2.24, 2.45) is 0 Å². The van der Waals surface area contributed by atoms with Crippen LogP contribution >= 0.6 is 12.6 Å². The number of nitrogens with one attached hydrogen (secondary N) is 1. The quantitative estimate of drug-likeness (QED) is 0.648. The molecular formula is C14H19NO4S. The van der Waals surface area contributed by atoms with Crippen molar-refractivity contribution in [3.05, 3.63) is 23.3 Å². The molecule has 0 unspecified atom stereocenters. The summed E-state index contributed by atoms with van der Waals surface area (Å²) in [6, 6.07) is 3.12. The highest BCUT2D eigenvalue weighted by molar-refractivity contribution is 7.80. The van der Waals surface area contributed by atoms with Crippen LogP contribution in [0.3, 0.4) is 0 Å². The van der Waals surface area contributed by atoms with Crippen LogP contribution in [0.5, 0.6) is 0 Å². The van der Waals surface area contributed by atoms with Crippen molar-refractivity contribution in [1.29, 1.82) is 0 Å². The van der Waals surface area contributed by atoms with Crippen molar-refractivity contribution in [3.8, 4) is 0 Å². The van der Waals surface area contributed by atoms with E-state index >= 15 is 0 Å². The van der Waals surface area contributed by atoms with Crippen LogP contribution in [-0.4, -0.2) is 24.8 Å². The highest BCUT2D eigenvalue weighted by Crippen LogP contribution is 2.25. The van der Waals surface area contributed by atoms with E-state index in [9.17, 15) is 9.59 Å². The SMILES string of the molecule is COC(=O)c1cc(S)c(C)c(NC(=O)OC(C)(C)C)c1. The highest BCUT2D eigenvalue weighted by Gasteiger charge is 2.18. The molecule has 0 radical (unpaired) electrons. The summed E-state index contributed by atoms with van der Waals surface area (Å²) in [4.78, 5) is 23.9. The second-order valence-electron chi connectivity index (χ2n) is 5.29. The van der Waals surface area contributed by atoms with E-state index in [1.54, 1.807) is 33.8 Å². The van der Waals surface area contributed by atoms with E-state index in [1.165, 1.54) is 13.2 Å². The number of amides is 1. The van der Waals surface area contributed by atoms with Crippen LogP contribution in [0.2, 0.25) is 0 Å². The molecule has 0 aliphatic carbocycles. The van der Waals surface area contributed by atoms with Gasteiger partial charge in [-0.15, -0.1) is 12.6 Å². The fourth-order valence-corrected chi connectivity index (χ4v) is 1.74. The molecule has 0 spiro atoms. The van der Waals surface area contributed by atoms with Gasteiger partial charge in [-0.05, 0) is 45.4 Å². The molecule has 0 aliphatic heterocycles. The number of thiol groups is 1. The molecule has 1 amide bonds. The molecule has 0 saturated carbocycles. The summed E-state index contributed by atoms with van der Waals surface area (Å²) in [5, 5.41) is 2.61. The Morgan fingerprint density at radius 2 is 1.85 bits per heavy atom. The first-order valence-corrected chi connectivity index (χ1v) is 6.50. The summed E-state index contributed by atoms with van der Waals surface area (Å²) in [7, 11) is 1.29. The van der Waals surface area contributed by atoms with Crippen LogP contribution in [0.1, 0.15) is 36.7 Å². The molecule has 1 aromatic carbocycles. The normalized spacial score (nSPS) is 10.9. The molecule has 0 atom stereocenters. The Balaban J connectivity index is 3.03. The number of benzene rings is 1. The number of carbonyl (C=O) groups is 2. The van der Waals surface area contributed by atoms with Crippen molar-refractivity contribution in [1.82, 2.24) is 0 Å². The number of hydrogen-bond acceptors (Lipinski definition) is 5. The van der Waals surface area contributed by atoms with E-state index in [2.05, 4.69) is 22.7 Å². The Labute approximate surface area is 124 Å². The van der Waals surface area contributed by atoms with E-state index in [0.717, 1.165) is 5.56 Å². The zero-order valence-electron chi connectivity index (χ0n) is 12.2. The molecular weight excluding hydrogens is 278 g/mol. The topological polar surface area (TPSA) is 64.6 Å². The predicted molar refractivity (Wildman–Crippen MR) is 79.6 cm³/mol. The number of rotatable bonds is 2. The molecule has 1 N–H and O–H groups in total. The molecule has 5 nitrogen and oxygen atoms in total. The zero-order valence-corrected chi connectivity index (χ0v) is 13.1. The van der Waals surface area contributed by atoms with Gasteiger partial charge in [-0.1, -0.05) is 0 Å². The van der Waals surface area contributed by atoms with Gasteiger partial charge in [-0.25, -0.2) is 9.59 Å². The molecule has 0 aliphatic rings. The number of hydrogen-bond donors (Lipinski definition) is 2. The second kappa shape index (κ2) is 6.17. The lowest BCUT2D eigenvalue weighted by Crippen LogP contribution is -2.27. The van der Waals surface area contributed by atoms with Gasteiger partial charge in [0.25, 0.3) is 0 Å². The summed E-state index contributed by atoms with van der Waals surface area (Å²) in [6.07, 6.45) is -0.588. The van der Waals surface area contributed by atoms with Crippen LogP contribution in [0, 0.1) is 6.92 Å². The minimum absolute atomic E-state index is 0.314. The molecule has 0 saturated heterocycles. The van der Waals surface area contributed by atoms with Gasteiger partial charge in [0.2, 0.25) is 0 Å².